The molecule has 0 aliphatic heterocycles. The molecule has 1 atom stereocenters. The van der Waals surface area contributed by atoms with E-state index in [1.165, 1.54) is 0 Å². The summed E-state index contributed by atoms with van der Waals surface area (Å²) >= 11 is 0. The maximum Gasteiger partial charge on any atom is 0.203 e. The van der Waals surface area contributed by atoms with Crippen LogP contribution in [0.4, 0.5) is 5.82 Å². The van der Waals surface area contributed by atoms with Crippen molar-refractivity contribution in [3.63, 3.8) is 0 Å². The SMILES string of the molecule is COc1ccc(C(C)Nc2nccn3cnnc23)cc1. The largest absolute Gasteiger partial charge is 0.497 e. The minimum absolute atomic E-state index is 0.108. The highest BCUT2D eigenvalue weighted by atomic mass is 16.5. The van der Waals surface area contributed by atoms with E-state index in [0.717, 1.165) is 11.3 Å². The highest BCUT2D eigenvalue weighted by molar-refractivity contribution is 5.62. The second-order valence-corrected chi connectivity index (χ2v) is 4.48. The zero-order chi connectivity index (χ0) is 13.9. The molecule has 3 rings (SSSR count). The van der Waals surface area contributed by atoms with Gasteiger partial charge in [-0.25, -0.2) is 4.98 Å². The second kappa shape index (κ2) is 5.16. The van der Waals surface area contributed by atoms with Crippen LogP contribution in [0, 0.1) is 0 Å². The average Bonchev–Trinajstić information content (AvgIpc) is 2.97. The molecule has 0 spiro atoms. The fourth-order valence-corrected chi connectivity index (χ4v) is 2.04. The number of benzene rings is 1. The summed E-state index contributed by atoms with van der Waals surface area (Å²) in [6, 6.07) is 8.05. The summed E-state index contributed by atoms with van der Waals surface area (Å²) in [5.74, 6) is 1.56. The number of methoxy groups -OCH3 is 1. The lowest BCUT2D eigenvalue weighted by atomic mass is 10.1. The number of fused-ring (bicyclic) bond motifs is 1. The molecule has 3 aromatic rings. The molecule has 1 aromatic carbocycles. The van der Waals surface area contributed by atoms with Crippen molar-refractivity contribution in [2.24, 2.45) is 0 Å². The van der Waals surface area contributed by atoms with Crippen molar-refractivity contribution in [3.05, 3.63) is 48.5 Å². The van der Waals surface area contributed by atoms with Gasteiger partial charge in [-0.1, -0.05) is 12.1 Å². The van der Waals surface area contributed by atoms with E-state index in [1.807, 2.05) is 34.9 Å². The molecule has 0 fully saturated rings. The Kier molecular flexibility index (Phi) is 3.20. The van der Waals surface area contributed by atoms with Crippen molar-refractivity contribution in [2.45, 2.75) is 13.0 Å². The van der Waals surface area contributed by atoms with E-state index in [9.17, 15) is 0 Å². The Morgan fingerprint density at radius 1 is 1.25 bits per heavy atom. The van der Waals surface area contributed by atoms with E-state index in [0.29, 0.717) is 11.5 Å². The Morgan fingerprint density at radius 2 is 2.05 bits per heavy atom. The maximum absolute atomic E-state index is 5.16. The van der Waals surface area contributed by atoms with Gasteiger partial charge in [-0.05, 0) is 24.6 Å². The van der Waals surface area contributed by atoms with Gasteiger partial charge in [0.25, 0.3) is 0 Å². The van der Waals surface area contributed by atoms with Crippen LogP contribution in [0.25, 0.3) is 5.65 Å². The third-order valence-electron chi connectivity index (χ3n) is 3.18. The Morgan fingerprint density at radius 3 is 2.80 bits per heavy atom. The molecule has 2 heterocycles. The summed E-state index contributed by atoms with van der Waals surface area (Å²) < 4.78 is 6.99. The van der Waals surface area contributed by atoms with E-state index >= 15 is 0 Å². The lowest BCUT2D eigenvalue weighted by molar-refractivity contribution is 0.414. The van der Waals surface area contributed by atoms with Crippen LogP contribution < -0.4 is 10.1 Å². The van der Waals surface area contributed by atoms with Crippen LogP contribution in [-0.4, -0.2) is 26.7 Å². The van der Waals surface area contributed by atoms with Gasteiger partial charge in [-0.15, -0.1) is 10.2 Å². The molecule has 2 aromatic heterocycles. The number of nitrogens with zero attached hydrogens (tertiary/aromatic N) is 4. The van der Waals surface area contributed by atoms with Crippen molar-refractivity contribution < 1.29 is 4.74 Å². The molecular weight excluding hydrogens is 254 g/mol. The first-order valence-corrected chi connectivity index (χ1v) is 6.33. The molecule has 0 bridgehead atoms. The average molecular weight is 269 g/mol. The van der Waals surface area contributed by atoms with Gasteiger partial charge in [0.2, 0.25) is 5.65 Å². The summed E-state index contributed by atoms with van der Waals surface area (Å²) in [6.07, 6.45) is 5.19. The topological polar surface area (TPSA) is 64.3 Å². The summed E-state index contributed by atoms with van der Waals surface area (Å²) in [5, 5.41) is 11.3. The molecule has 102 valence electrons. The summed E-state index contributed by atoms with van der Waals surface area (Å²) in [6.45, 7) is 2.07. The molecule has 0 radical (unpaired) electrons. The molecule has 0 aliphatic rings. The van der Waals surface area contributed by atoms with Gasteiger partial charge < -0.3 is 10.1 Å². The van der Waals surface area contributed by atoms with Gasteiger partial charge in [0, 0.05) is 12.4 Å². The first kappa shape index (κ1) is 12.4. The number of hydrogen-bond acceptors (Lipinski definition) is 5. The van der Waals surface area contributed by atoms with Gasteiger partial charge in [-0.2, -0.15) is 0 Å². The lowest BCUT2D eigenvalue weighted by Gasteiger charge is -2.15. The van der Waals surface area contributed by atoms with Crippen LogP contribution >= 0.6 is 0 Å². The Bertz CT molecular complexity index is 707. The molecular formula is C14H15N5O. The first-order valence-electron chi connectivity index (χ1n) is 6.33. The quantitative estimate of drug-likeness (QED) is 0.787. The highest BCUT2D eigenvalue weighted by Crippen LogP contribution is 2.22. The van der Waals surface area contributed by atoms with Gasteiger partial charge in [0.15, 0.2) is 5.82 Å². The molecule has 0 saturated heterocycles. The zero-order valence-electron chi connectivity index (χ0n) is 11.3. The number of ether oxygens (including phenoxy) is 1. The van der Waals surface area contributed by atoms with Crippen LogP contribution in [0.1, 0.15) is 18.5 Å². The second-order valence-electron chi connectivity index (χ2n) is 4.48. The fourth-order valence-electron chi connectivity index (χ4n) is 2.04. The standard InChI is InChI=1S/C14H15N5O/c1-10(11-3-5-12(20-2)6-4-11)17-13-14-18-16-9-19(14)8-7-15-13/h3-10H,1-2H3,(H,15,17). The molecule has 1 unspecified atom stereocenters. The van der Waals surface area contributed by atoms with Crippen molar-refractivity contribution in [2.75, 3.05) is 12.4 Å². The zero-order valence-corrected chi connectivity index (χ0v) is 11.3. The first-order chi connectivity index (χ1) is 9.78. The van der Waals surface area contributed by atoms with Crippen LogP contribution in [-0.2, 0) is 0 Å². The molecule has 6 heteroatoms. The molecule has 1 N–H and O–H groups in total. The summed E-state index contributed by atoms with van der Waals surface area (Å²) in [7, 11) is 1.66. The van der Waals surface area contributed by atoms with E-state index < -0.39 is 0 Å². The van der Waals surface area contributed by atoms with E-state index in [-0.39, 0.29) is 6.04 Å². The predicted octanol–water partition coefficient (Wildman–Crippen LogP) is 2.31. The van der Waals surface area contributed by atoms with Crippen LogP contribution in [0.3, 0.4) is 0 Å². The van der Waals surface area contributed by atoms with Crippen LogP contribution in [0.5, 0.6) is 5.75 Å². The minimum Gasteiger partial charge on any atom is -0.497 e. The summed E-state index contributed by atoms with van der Waals surface area (Å²) in [4.78, 5) is 4.32. The predicted molar refractivity (Wildman–Crippen MR) is 75.8 cm³/mol. The van der Waals surface area contributed by atoms with Crippen molar-refractivity contribution in [1.29, 1.82) is 0 Å². The molecule has 0 aliphatic carbocycles. The Balaban J connectivity index is 1.84. The molecule has 0 amide bonds. The monoisotopic (exact) mass is 269 g/mol. The van der Waals surface area contributed by atoms with E-state index in [1.54, 1.807) is 19.6 Å². The van der Waals surface area contributed by atoms with Gasteiger partial charge >= 0.3 is 0 Å². The third kappa shape index (κ3) is 2.27. The van der Waals surface area contributed by atoms with Gasteiger partial charge in [0.05, 0.1) is 13.2 Å². The normalized spacial score (nSPS) is 12.3. The smallest absolute Gasteiger partial charge is 0.203 e. The lowest BCUT2D eigenvalue weighted by Crippen LogP contribution is -2.09. The Labute approximate surface area is 116 Å². The fraction of sp³-hybridized carbons (Fsp3) is 0.214. The molecule has 20 heavy (non-hydrogen) atoms. The minimum atomic E-state index is 0.108. The van der Waals surface area contributed by atoms with Crippen molar-refractivity contribution in [1.82, 2.24) is 19.6 Å². The third-order valence-corrected chi connectivity index (χ3v) is 3.18. The number of anilines is 1. The molecule has 0 saturated carbocycles. The van der Waals surface area contributed by atoms with E-state index in [2.05, 4.69) is 27.4 Å². The number of nitrogens with one attached hydrogen (secondary N) is 1. The maximum atomic E-state index is 5.16. The van der Waals surface area contributed by atoms with Crippen molar-refractivity contribution >= 4 is 11.5 Å². The van der Waals surface area contributed by atoms with Crippen molar-refractivity contribution in [3.8, 4) is 5.75 Å². The highest BCUT2D eigenvalue weighted by Gasteiger charge is 2.10. The van der Waals surface area contributed by atoms with Crippen LogP contribution in [0.2, 0.25) is 0 Å². The number of hydrogen-bond donors (Lipinski definition) is 1. The van der Waals surface area contributed by atoms with E-state index in [4.69, 9.17) is 4.74 Å². The molecule has 6 nitrogen and oxygen atoms in total. The van der Waals surface area contributed by atoms with Gasteiger partial charge in [-0.3, -0.25) is 4.40 Å². The van der Waals surface area contributed by atoms with Gasteiger partial charge in [0.1, 0.15) is 12.1 Å². The Hall–Kier alpha value is -2.63. The van der Waals surface area contributed by atoms with Crippen LogP contribution in [0.15, 0.2) is 43.0 Å². The number of aromatic nitrogens is 4. The summed E-state index contributed by atoms with van der Waals surface area (Å²) in [5.41, 5.74) is 1.86. The number of rotatable bonds is 4.